The molecule has 0 fully saturated rings. The van der Waals surface area contributed by atoms with Gasteiger partial charge in [-0.1, -0.05) is 13.0 Å². The molecule has 0 saturated carbocycles. The van der Waals surface area contributed by atoms with Crippen molar-refractivity contribution in [2.24, 2.45) is 0 Å². The Kier molecular flexibility index (Phi) is 4.17. The molecule has 106 valence electrons. The van der Waals surface area contributed by atoms with Gasteiger partial charge in [0.25, 0.3) is 0 Å². The zero-order chi connectivity index (χ0) is 14.7. The van der Waals surface area contributed by atoms with Gasteiger partial charge in [0, 0.05) is 12.1 Å². The largest absolute Gasteiger partial charge is 0.493 e. The van der Waals surface area contributed by atoms with Gasteiger partial charge in [-0.15, -0.1) is 0 Å². The molecule has 20 heavy (non-hydrogen) atoms. The number of hydrogen-bond donors (Lipinski definition) is 0. The molecule has 5 heteroatoms. The molecule has 0 aliphatic heterocycles. The first-order valence-corrected chi connectivity index (χ1v) is 6.49. The summed E-state index contributed by atoms with van der Waals surface area (Å²) in [4.78, 5) is 12.6. The third-order valence-corrected chi connectivity index (χ3v) is 3.12. The molecule has 0 amide bonds. The number of hydrogen-bond acceptors (Lipinski definition) is 3. The molecule has 0 aliphatic carbocycles. The van der Waals surface area contributed by atoms with E-state index in [2.05, 4.69) is 5.10 Å². The minimum Gasteiger partial charge on any atom is -0.493 e. The normalized spacial score (nSPS) is 10.6. The van der Waals surface area contributed by atoms with Crippen LogP contribution >= 0.6 is 0 Å². The summed E-state index contributed by atoms with van der Waals surface area (Å²) in [6, 6.07) is 4.18. The Morgan fingerprint density at radius 3 is 2.85 bits per heavy atom. The molecule has 0 N–H and O–H groups in total. The van der Waals surface area contributed by atoms with E-state index in [9.17, 15) is 9.18 Å². The zero-order valence-corrected chi connectivity index (χ0v) is 11.8. The van der Waals surface area contributed by atoms with Crippen molar-refractivity contribution in [3.8, 4) is 5.75 Å². The number of halogens is 1. The van der Waals surface area contributed by atoms with Crippen LogP contribution in [-0.2, 0) is 6.54 Å². The average Bonchev–Trinajstić information content (AvgIpc) is 2.84. The van der Waals surface area contributed by atoms with Gasteiger partial charge >= 0.3 is 0 Å². The molecule has 0 saturated heterocycles. The van der Waals surface area contributed by atoms with E-state index in [1.807, 2.05) is 6.92 Å². The summed E-state index contributed by atoms with van der Waals surface area (Å²) in [6.07, 6.45) is 2.35. The molecule has 0 unspecified atom stereocenters. The van der Waals surface area contributed by atoms with Gasteiger partial charge in [-0.2, -0.15) is 5.10 Å². The number of carbonyl (C=O) groups is 1. The Bertz CT molecular complexity index is 635. The molecule has 0 spiro atoms. The SMILES string of the molecule is CCCn1ncc(OC)c1C(=O)c1cc(F)ccc1C. The van der Waals surface area contributed by atoms with E-state index in [4.69, 9.17) is 4.74 Å². The van der Waals surface area contributed by atoms with Gasteiger partial charge in [0.1, 0.15) is 5.82 Å². The first-order valence-electron chi connectivity index (χ1n) is 6.49. The van der Waals surface area contributed by atoms with Gasteiger partial charge in [0.2, 0.25) is 5.78 Å². The van der Waals surface area contributed by atoms with Crippen molar-refractivity contribution >= 4 is 5.78 Å². The maximum Gasteiger partial charge on any atom is 0.215 e. The van der Waals surface area contributed by atoms with Crippen molar-refractivity contribution in [2.75, 3.05) is 7.11 Å². The Balaban J connectivity index is 2.52. The fourth-order valence-electron chi connectivity index (χ4n) is 2.09. The van der Waals surface area contributed by atoms with E-state index < -0.39 is 5.82 Å². The number of benzene rings is 1. The number of aryl methyl sites for hydroxylation is 2. The van der Waals surface area contributed by atoms with Crippen molar-refractivity contribution in [3.63, 3.8) is 0 Å². The summed E-state index contributed by atoms with van der Waals surface area (Å²) in [5, 5.41) is 4.15. The van der Waals surface area contributed by atoms with Crippen LogP contribution in [0.3, 0.4) is 0 Å². The highest BCUT2D eigenvalue weighted by Crippen LogP contribution is 2.23. The summed E-state index contributed by atoms with van der Waals surface area (Å²) in [5.74, 6) is -0.295. The van der Waals surface area contributed by atoms with Crippen LogP contribution in [-0.4, -0.2) is 22.7 Å². The highest BCUT2D eigenvalue weighted by Gasteiger charge is 2.22. The molecule has 0 aliphatic rings. The van der Waals surface area contributed by atoms with Crippen LogP contribution in [0.5, 0.6) is 5.75 Å². The molecule has 0 radical (unpaired) electrons. The Morgan fingerprint density at radius 2 is 2.20 bits per heavy atom. The predicted molar refractivity (Wildman–Crippen MR) is 73.6 cm³/mol. The van der Waals surface area contributed by atoms with Crippen LogP contribution in [0, 0.1) is 12.7 Å². The quantitative estimate of drug-likeness (QED) is 0.789. The highest BCUT2D eigenvalue weighted by molar-refractivity contribution is 6.10. The van der Waals surface area contributed by atoms with E-state index in [-0.39, 0.29) is 5.78 Å². The molecule has 2 aromatic rings. The van der Waals surface area contributed by atoms with Gasteiger partial charge < -0.3 is 4.74 Å². The molecular formula is C15H17FN2O2. The van der Waals surface area contributed by atoms with Crippen LogP contribution in [0.4, 0.5) is 4.39 Å². The summed E-state index contributed by atoms with van der Waals surface area (Å²) >= 11 is 0. The van der Waals surface area contributed by atoms with Crippen molar-refractivity contribution in [2.45, 2.75) is 26.8 Å². The summed E-state index contributed by atoms with van der Waals surface area (Å²) in [5.41, 5.74) is 1.42. The van der Waals surface area contributed by atoms with Gasteiger partial charge in [-0.05, 0) is 31.0 Å². The number of methoxy groups -OCH3 is 1. The molecule has 0 atom stereocenters. The lowest BCUT2D eigenvalue weighted by molar-refractivity contribution is 0.102. The molecule has 0 bridgehead atoms. The summed E-state index contributed by atoms with van der Waals surface area (Å²) in [7, 11) is 1.49. The van der Waals surface area contributed by atoms with Crippen LogP contribution in [0.25, 0.3) is 0 Å². The molecule has 2 rings (SSSR count). The minimum absolute atomic E-state index is 0.273. The van der Waals surface area contributed by atoms with Crippen LogP contribution in [0.1, 0.15) is 35.0 Å². The van der Waals surface area contributed by atoms with E-state index in [0.717, 1.165) is 12.0 Å². The lowest BCUT2D eigenvalue weighted by Gasteiger charge is -2.09. The number of ether oxygens (including phenoxy) is 1. The average molecular weight is 276 g/mol. The Hall–Kier alpha value is -2.17. The molecule has 1 aromatic carbocycles. The maximum absolute atomic E-state index is 13.4. The van der Waals surface area contributed by atoms with E-state index in [0.29, 0.717) is 23.6 Å². The maximum atomic E-state index is 13.4. The number of aromatic nitrogens is 2. The second-order valence-electron chi connectivity index (χ2n) is 4.57. The Morgan fingerprint density at radius 1 is 1.45 bits per heavy atom. The van der Waals surface area contributed by atoms with Gasteiger partial charge in [0.15, 0.2) is 11.4 Å². The molecule has 1 aromatic heterocycles. The lowest BCUT2D eigenvalue weighted by Crippen LogP contribution is -2.13. The van der Waals surface area contributed by atoms with Crippen molar-refractivity contribution in [1.82, 2.24) is 9.78 Å². The fraction of sp³-hybridized carbons (Fsp3) is 0.333. The van der Waals surface area contributed by atoms with E-state index >= 15 is 0 Å². The van der Waals surface area contributed by atoms with E-state index in [1.165, 1.54) is 25.4 Å². The smallest absolute Gasteiger partial charge is 0.215 e. The monoisotopic (exact) mass is 276 g/mol. The van der Waals surface area contributed by atoms with Gasteiger partial charge in [0.05, 0.1) is 13.3 Å². The van der Waals surface area contributed by atoms with Crippen molar-refractivity contribution in [3.05, 3.63) is 47.0 Å². The standard InChI is InChI=1S/C15H17FN2O2/c1-4-7-18-14(13(20-3)9-17-18)15(19)12-8-11(16)6-5-10(12)2/h5-6,8-9H,4,7H2,1-3H3. The second kappa shape index (κ2) is 5.86. The fourth-order valence-corrected chi connectivity index (χ4v) is 2.09. The van der Waals surface area contributed by atoms with Gasteiger partial charge in [-0.25, -0.2) is 4.39 Å². The first kappa shape index (κ1) is 14.2. The van der Waals surface area contributed by atoms with Crippen molar-refractivity contribution < 1.29 is 13.9 Å². The van der Waals surface area contributed by atoms with Gasteiger partial charge in [-0.3, -0.25) is 9.48 Å². The molecular weight excluding hydrogens is 259 g/mol. The highest BCUT2D eigenvalue weighted by atomic mass is 19.1. The lowest BCUT2D eigenvalue weighted by atomic mass is 10.0. The van der Waals surface area contributed by atoms with Crippen molar-refractivity contribution in [1.29, 1.82) is 0 Å². The topological polar surface area (TPSA) is 44.1 Å². The van der Waals surface area contributed by atoms with Crippen LogP contribution < -0.4 is 4.74 Å². The van der Waals surface area contributed by atoms with Crippen LogP contribution in [0.15, 0.2) is 24.4 Å². The number of carbonyl (C=O) groups excluding carboxylic acids is 1. The summed E-state index contributed by atoms with van der Waals surface area (Å²) in [6.45, 7) is 4.38. The number of ketones is 1. The minimum atomic E-state index is -0.431. The number of nitrogens with zero attached hydrogens (tertiary/aromatic N) is 2. The molecule has 4 nitrogen and oxygen atoms in total. The number of rotatable bonds is 5. The zero-order valence-electron chi connectivity index (χ0n) is 11.8. The van der Waals surface area contributed by atoms with E-state index in [1.54, 1.807) is 17.7 Å². The predicted octanol–water partition coefficient (Wildman–Crippen LogP) is 2.98. The third-order valence-electron chi connectivity index (χ3n) is 3.12. The summed E-state index contributed by atoms with van der Waals surface area (Å²) < 4.78 is 20.2. The van der Waals surface area contributed by atoms with Crippen LogP contribution in [0.2, 0.25) is 0 Å². The molecule has 1 heterocycles. The Labute approximate surface area is 117 Å². The second-order valence-corrected chi connectivity index (χ2v) is 4.57. The first-order chi connectivity index (χ1) is 9.58. The third kappa shape index (κ3) is 2.57.